The number of benzene rings is 1. The molecule has 0 radical (unpaired) electrons. The first-order valence-electron chi connectivity index (χ1n) is 7.24. The van der Waals surface area contributed by atoms with E-state index < -0.39 is 0 Å². The quantitative estimate of drug-likeness (QED) is 0.858. The van der Waals surface area contributed by atoms with Crippen LogP contribution >= 0.6 is 0 Å². The highest BCUT2D eigenvalue weighted by atomic mass is 16.5. The van der Waals surface area contributed by atoms with Crippen molar-refractivity contribution in [2.24, 2.45) is 0 Å². The second kappa shape index (κ2) is 4.27. The number of aryl methyl sites for hydroxylation is 1. The maximum absolute atomic E-state index is 12.2. The maximum atomic E-state index is 12.2. The molecule has 4 heteroatoms. The second-order valence-corrected chi connectivity index (χ2v) is 5.93. The van der Waals surface area contributed by atoms with E-state index in [1.165, 1.54) is 11.1 Å². The van der Waals surface area contributed by atoms with E-state index in [0.717, 1.165) is 25.0 Å². The topological polar surface area (TPSA) is 36.2 Å². The van der Waals surface area contributed by atoms with Crippen molar-refractivity contribution in [3.63, 3.8) is 0 Å². The van der Waals surface area contributed by atoms with Gasteiger partial charge in [-0.15, -0.1) is 0 Å². The lowest BCUT2D eigenvalue weighted by Gasteiger charge is -2.10. The van der Waals surface area contributed by atoms with Crippen LogP contribution in [0.2, 0.25) is 0 Å². The third kappa shape index (κ3) is 1.96. The van der Waals surface area contributed by atoms with E-state index in [1.807, 2.05) is 23.0 Å². The molecular formula is C16H18N2O2. The Morgan fingerprint density at radius 3 is 2.95 bits per heavy atom. The van der Waals surface area contributed by atoms with Crippen LogP contribution in [-0.2, 0) is 13.0 Å². The van der Waals surface area contributed by atoms with Crippen molar-refractivity contribution < 1.29 is 4.74 Å². The van der Waals surface area contributed by atoms with Crippen molar-refractivity contribution in [2.45, 2.75) is 44.9 Å². The van der Waals surface area contributed by atoms with Crippen molar-refractivity contribution in [1.29, 1.82) is 0 Å². The van der Waals surface area contributed by atoms with Gasteiger partial charge in [-0.3, -0.25) is 9.13 Å². The predicted molar refractivity (Wildman–Crippen MR) is 76.3 cm³/mol. The van der Waals surface area contributed by atoms with Crippen LogP contribution in [-0.4, -0.2) is 15.2 Å². The molecule has 1 saturated carbocycles. The fraction of sp³-hybridized carbons (Fsp3) is 0.438. The molecule has 1 atom stereocenters. The predicted octanol–water partition coefficient (Wildman–Crippen LogP) is 2.30. The average Bonchev–Trinajstić information content (AvgIpc) is 3.09. The van der Waals surface area contributed by atoms with Gasteiger partial charge >= 0.3 is 5.69 Å². The normalized spacial score (nSPS) is 20.8. The Hall–Kier alpha value is -1.97. The van der Waals surface area contributed by atoms with E-state index in [4.69, 9.17) is 4.74 Å². The van der Waals surface area contributed by atoms with Gasteiger partial charge in [0, 0.05) is 24.9 Å². The number of rotatable bonds is 3. The molecule has 0 bridgehead atoms. The van der Waals surface area contributed by atoms with Crippen molar-refractivity contribution in [3.05, 3.63) is 52.2 Å². The molecule has 0 saturated heterocycles. The summed E-state index contributed by atoms with van der Waals surface area (Å²) in [6.45, 7) is 2.72. The Labute approximate surface area is 117 Å². The number of ether oxygens (including phenoxy) is 1. The minimum atomic E-state index is 0.0690. The number of imidazole rings is 1. The molecule has 0 spiro atoms. The van der Waals surface area contributed by atoms with E-state index in [1.54, 1.807) is 4.57 Å². The summed E-state index contributed by atoms with van der Waals surface area (Å²) in [6, 6.07) is 6.71. The molecule has 1 aromatic carbocycles. The van der Waals surface area contributed by atoms with Gasteiger partial charge in [-0.05, 0) is 31.4 Å². The van der Waals surface area contributed by atoms with E-state index >= 15 is 0 Å². The number of fused-ring (bicyclic) bond motifs is 1. The summed E-state index contributed by atoms with van der Waals surface area (Å²) in [7, 11) is 0. The average molecular weight is 270 g/mol. The largest absolute Gasteiger partial charge is 0.488 e. The number of nitrogens with zero attached hydrogens (tertiary/aromatic N) is 2. The summed E-state index contributed by atoms with van der Waals surface area (Å²) in [5, 5.41) is 0. The van der Waals surface area contributed by atoms with Gasteiger partial charge in [-0.2, -0.15) is 0 Å². The Balaban J connectivity index is 1.52. The molecule has 1 fully saturated rings. The zero-order valence-corrected chi connectivity index (χ0v) is 11.6. The molecule has 4 nitrogen and oxygen atoms in total. The summed E-state index contributed by atoms with van der Waals surface area (Å²) < 4.78 is 9.57. The maximum Gasteiger partial charge on any atom is 0.328 e. The lowest BCUT2D eigenvalue weighted by molar-refractivity contribution is 0.207. The van der Waals surface area contributed by atoms with Crippen LogP contribution in [0.25, 0.3) is 0 Å². The van der Waals surface area contributed by atoms with Gasteiger partial charge in [-0.1, -0.05) is 17.7 Å². The standard InChI is InChI=1S/C16H18N2O2/c1-11-2-5-15-12(8-11)9-14(20-15)10-17-6-7-18(16(17)19)13-3-4-13/h2,5-8,13-14H,3-4,9-10H2,1H3. The Kier molecular flexibility index (Phi) is 2.52. The molecule has 0 amide bonds. The van der Waals surface area contributed by atoms with Gasteiger partial charge in [-0.25, -0.2) is 4.79 Å². The highest BCUT2D eigenvalue weighted by Gasteiger charge is 2.27. The van der Waals surface area contributed by atoms with Crippen LogP contribution in [0.5, 0.6) is 5.75 Å². The van der Waals surface area contributed by atoms with Crippen LogP contribution in [0, 0.1) is 6.92 Å². The molecule has 2 aromatic rings. The van der Waals surface area contributed by atoms with Crippen LogP contribution in [0.4, 0.5) is 0 Å². The minimum Gasteiger partial charge on any atom is -0.488 e. The van der Waals surface area contributed by atoms with Gasteiger partial charge in [0.05, 0.1) is 6.54 Å². The van der Waals surface area contributed by atoms with Gasteiger partial charge in [0.25, 0.3) is 0 Å². The van der Waals surface area contributed by atoms with Crippen LogP contribution in [0.3, 0.4) is 0 Å². The molecule has 1 aliphatic carbocycles. The molecule has 104 valence electrons. The zero-order chi connectivity index (χ0) is 13.7. The van der Waals surface area contributed by atoms with Crippen LogP contribution in [0.15, 0.2) is 35.4 Å². The third-order valence-electron chi connectivity index (χ3n) is 4.17. The molecule has 20 heavy (non-hydrogen) atoms. The SMILES string of the molecule is Cc1ccc2c(c1)CC(Cn1ccn(C3CC3)c1=O)O2. The summed E-state index contributed by atoms with van der Waals surface area (Å²) in [5.74, 6) is 0.968. The zero-order valence-electron chi connectivity index (χ0n) is 11.6. The van der Waals surface area contributed by atoms with Gasteiger partial charge in [0.15, 0.2) is 0 Å². The Morgan fingerprint density at radius 2 is 2.15 bits per heavy atom. The van der Waals surface area contributed by atoms with E-state index in [2.05, 4.69) is 19.1 Å². The van der Waals surface area contributed by atoms with E-state index in [-0.39, 0.29) is 11.8 Å². The number of hydrogen-bond donors (Lipinski definition) is 0. The summed E-state index contributed by atoms with van der Waals surface area (Å²) >= 11 is 0. The highest BCUT2D eigenvalue weighted by Crippen LogP contribution is 2.33. The summed E-state index contributed by atoms with van der Waals surface area (Å²) in [6.07, 6.45) is 7.02. The molecule has 1 aromatic heterocycles. The van der Waals surface area contributed by atoms with E-state index in [0.29, 0.717) is 12.6 Å². The molecule has 4 rings (SSSR count). The first-order chi connectivity index (χ1) is 9.70. The van der Waals surface area contributed by atoms with Gasteiger partial charge < -0.3 is 4.74 Å². The summed E-state index contributed by atoms with van der Waals surface area (Å²) in [5.41, 5.74) is 2.61. The van der Waals surface area contributed by atoms with Gasteiger partial charge in [0.1, 0.15) is 11.9 Å². The van der Waals surface area contributed by atoms with Crippen molar-refractivity contribution in [3.8, 4) is 5.75 Å². The van der Waals surface area contributed by atoms with Gasteiger partial charge in [0.2, 0.25) is 0 Å². The molecular weight excluding hydrogens is 252 g/mol. The first kappa shape index (κ1) is 11.8. The number of hydrogen-bond acceptors (Lipinski definition) is 2. The fourth-order valence-electron chi connectivity index (χ4n) is 2.97. The third-order valence-corrected chi connectivity index (χ3v) is 4.17. The summed E-state index contributed by atoms with van der Waals surface area (Å²) in [4.78, 5) is 12.2. The lowest BCUT2D eigenvalue weighted by atomic mass is 10.1. The first-order valence-corrected chi connectivity index (χ1v) is 7.24. The van der Waals surface area contributed by atoms with Crippen molar-refractivity contribution in [1.82, 2.24) is 9.13 Å². The molecule has 2 aliphatic rings. The minimum absolute atomic E-state index is 0.0690. The van der Waals surface area contributed by atoms with Crippen molar-refractivity contribution >= 4 is 0 Å². The monoisotopic (exact) mass is 270 g/mol. The second-order valence-electron chi connectivity index (χ2n) is 5.93. The molecule has 1 aliphatic heterocycles. The fourth-order valence-corrected chi connectivity index (χ4v) is 2.97. The number of aromatic nitrogens is 2. The van der Waals surface area contributed by atoms with Crippen LogP contribution < -0.4 is 10.4 Å². The van der Waals surface area contributed by atoms with Crippen LogP contribution in [0.1, 0.15) is 30.0 Å². The molecule has 2 heterocycles. The van der Waals surface area contributed by atoms with Crippen molar-refractivity contribution in [2.75, 3.05) is 0 Å². The lowest BCUT2D eigenvalue weighted by Crippen LogP contribution is -2.30. The Bertz CT molecular complexity index is 710. The highest BCUT2D eigenvalue weighted by molar-refractivity contribution is 5.40. The molecule has 1 unspecified atom stereocenters. The Morgan fingerprint density at radius 1 is 1.30 bits per heavy atom. The molecule has 0 N–H and O–H groups in total. The smallest absolute Gasteiger partial charge is 0.328 e. The van der Waals surface area contributed by atoms with E-state index in [9.17, 15) is 4.79 Å².